The van der Waals surface area contributed by atoms with Crippen molar-refractivity contribution in [3.63, 3.8) is 0 Å². The molecule has 4 rings (SSSR count). The normalized spacial score (nSPS) is 20.5. The van der Waals surface area contributed by atoms with Crippen LogP contribution in [0.3, 0.4) is 0 Å². The Labute approximate surface area is 227 Å². The molecule has 0 aromatic carbocycles. The van der Waals surface area contributed by atoms with Crippen LogP contribution in [-0.2, 0) is 9.53 Å². The van der Waals surface area contributed by atoms with Crippen molar-refractivity contribution in [1.29, 1.82) is 5.26 Å². The molecule has 2 aliphatic carbocycles. The van der Waals surface area contributed by atoms with Crippen LogP contribution in [0.15, 0.2) is 18.5 Å². The second kappa shape index (κ2) is 10.0. The molecule has 2 aliphatic rings. The fourth-order valence-electron chi connectivity index (χ4n) is 4.97. The van der Waals surface area contributed by atoms with Gasteiger partial charge in [-0.15, -0.1) is 0 Å². The van der Waals surface area contributed by atoms with Gasteiger partial charge >= 0.3 is 6.09 Å². The van der Waals surface area contributed by atoms with Gasteiger partial charge in [0.15, 0.2) is 5.65 Å². The number of carbonyl (C=O) groups is 2. The fraction of sp³-hybridized carbons (Fsp3) is 0.679. The highest BCUT2D eigenvalue weighted by molar-refractivity contribution is 5.82. The van der Waals surface area contributed by atoms with E-state index in [1.807, 2.05) is 20.8 Å². The van der Waals surface area contributed by atoms with Gasteiger partial charge in [0.25, 0.3) is 0 Å². The van der Waals surface area contributed by atoms with Crippen molar-refractivity contribution in [1.82, 2.24) is 25.2 Å². The van der Waals surface area contributed by atoms with E-state index >= 15 is 0 Å². The molecule has 9 nitrogen and oxygen atoms in total. The summed E-state index contributed by atoms with van der Waals surface area (Å²) in [5.41, 5.74) is -0.467. The van der Waals surface area contributed by atoms with Gasteiger partial charge in [-0.25, -0.2) is 23.1 Å². The third-order valence-corrected chi connectivity index (χ3v) is 7.44. The number of rotatable bonds is 6. The molecule has 2 saturated carbocycles. The molecule has 2 amide bonds. The molecular weight excluding hydrogens is 506 g/mol. The van der Waals surface area contributed by atoms with E-state index in [-0.39, 0.29) is 37.5 Å². The summed E-state index contributed by atoms with van der Waals surface area (Å²) in [6, 6.07) is 2.96. The lowest BCUT2D eigenvalue weighted by atomic mass is 9.81. The van der Waals surface area contributed by atoms with Gasteiger partial charge in [-0.05, 0) is 64.0 Å². The first kappa shape index (κ1) is 28.7. The molecule has 0 aliphatic heterocycles. The Hall–Kier alpha value is -3.29. The minimum absolute atomic E-state index is 0.173. The maximum atomic E-state index is 13.9. The van der Waals surface area contributed by atoms with Gasteiger partial charge in [-0.1, -0.05) is 20.8 Å². The maximum Gasteiger partial charge on any atom is 0.408 e. The van der Waals surface area contributed by atoms with Crippen molar-refractivity contribution in [3.05, 3.63) is 29.7 Å². The summed E-state index contributed by atoms with van der Waals surface area (Å²) in [6.45, 7) is 10.7. The molecule has 39 heavy (non-hydrogen) atoms. The van der Waals surface area contributed by atoms with Gasteiger partial charge in [0.1, 0.15) is 5.60 Å². The van der Waals surface area contributed by atoms with E-state index in [1.165, 1.54) is 0 Å². The highest BCUT2D eigenvalue weighted by atomic mass is 19.3. The van der Waals surface area contributed by atoms with Crippen molar-refractivity contribution in [3.8, 4) is 6.07 Å². The number of nitriles is 1. The Balaban J connectivity index is 1.66. The standard InChI is InChI=1S/C28H38F2N6O3/c1-25(2,3)23(37)35-22(27(16-31)11-12-27)18-13-20-33-19(15-36(20)32-14-18)21(34-24(38)39-26(4,5)6)17-7-9-28(29,30)10-8-17/h13-15,17,21-22H,7-12H2,1-6H3,(H,34,38)(H,35,37)/t21-,22+/m0/s1. The second-order valence-electron chi connectivity index (χ2n) is 13.0. The molecule has 2 fully saturated rings. The average Bonchev–Trinajstić information content (AvgIpc) is 3.50. The highest BCUT2D eigenvalue weighted by Gasteiger charge is 2.52. The summed E-state index contributed by atoms with van der Waals surface area (Å²) in [7, 11) is 0. The minimum atomic E-state index is -2.71. The van der Waals surface area contributed by atoms with Crippen molar-refractivity contribution in [2.75, 3.05) is 0 Å². The number of halogens is 2. The Kier molecular flexibility index (Phi) is 7.38. The number of ether oxygens (including phenoxy) is 1. The van der Waals surface area contributed by atoms with Crippen molar-refractivity contribution < 1.29 is 23.1 Å². The third kappa shape index (κ3) is 6.65. The highest BCUT2D eigenvalue weighted by Crippen LogP contribution is 2.54. The van der Waals surface area contributed by atoms with Gasteiger partial charge < -0.3 is 15.4 Å². The number of alkyl halides is 2. The molecule has 0 unspecified atom stereocenters. The first-order valence-corrected chi connectivity index (χ1v) is 13.5. The zero-order chi connectivity index (χ0) is 28.8. The summed E-state index contributed by atoms with van der Waals surface area (Å²) in [6.07, 6.45) is 3.91. The maximum absolute atomic E-state index is 13.9. The van der Waals surface area contributed by atoms with E-state index in [4.69, 9.17) is 9.72 Å². The number of hydrogen-bond acceptors (Lipinski definition) is 6. The minimum Gasteiger partial charge on any atom is -0.444 e. The molecule has 0 bridgehead atoms. The summed E-state index contributed by atoms with van der Waals surface area (Å²) in [5.74, 6) is -3.14. The van der Waals surface area contributed by atoms with Crippen molar-refractivity contribution in [2.24, 2.45) is 16.7 Å². The van der Waals surface area contributed by atoms with Crippen LogP contribution < -0.4 is 10.6 Å². The molecule has 11 heteroatoms. The monoisotopic (exact) mass is 544 g/mol. The molecule has 2 atom stereocenters. The zero-order valence-corrected chi connectivity index (χ0v) is 23.5. The number of hydrogen-bond donors (Lipinski definition) is 2. The number of imidazole rings is 1. The van der Waals surface area contributed by atoms with Gasteiger partial charge in [0.2, 0.25) is 11.8 Å². The molecule has 2 aromatic rings. The Bertz CT molecular complexity index is 1270. The van der Waals surface area contributed by atoms with E-state index in [9.17, 15) is 23.6 Å². The Morgan fingerprint density at radius 1 is 1.13 bits per heavy atom. The van der Waals surface area contributed by atoms with Crippen LogP contribution in [0, 0.1) is 28.1 Å². The van der Waals surface area contributed by atoms with E-state index in [2.05, 4.69) is 21.8 Å². The van der Waals surface area contributed by atoms with E-state index in [0.29, 0.717) is 29.7 Å². The Morgan fingerprint density at radius 3 is 2.31 bits per heavy atom. The lowest BCUT2D eigenvalue weighted by Gasteiger charge is -2.33. The van der Waals surface area contributed by atoms with Crippen LogP contribution in [0.2, 0.25) is 0 Å². The fourth-order valence-corrected chi connectivity index (χ4v) is 4.97. The van der Waals surface area contributed by atoms with Crippen LogP contribution in [0.1, 0.15) is 103 Å². The summed E-state index contributed by atoms with van der Waals surface area (Å²) >= 11 is 0. The van der Waals surface area contributed by atoms with Crippen LogP contribution in [0.25, 0.3) is 5.65 Å². The molecule has 0 saturated heterocycles. The van der Waals surface area contributed by atoms with Gasteiger partial charge in [-0.3, -0.25) is 4.79 Å². The average molecular weight is 545 g/mol. The predicted molar refractivity (Wildman–Crippen MR) is 140 cm³/mol. The zero-order valence-electron chi connectivity index (χ0n) is 23.5. The van der Waals surface area contributed by atoms with Gasteiger partial charge in [0.05, 0.1) is 41.7 Å². The number of alkyl carbamates (subject to hydrolysis) is 1. The first-order chi connectivity index (χ1) is 18.0. The number of fused-ring (bicyclic) bond motifs is 1. The molecule has 2 heterocycles. The lowest BCUT2D eigenvalue weighted by molar-refractivity contribution is -0.129. The Morgan fingerprint density at radius 2 is 1.77 bits per heavy atom. The quantitative estimate of drug-likeness (QED) is 0.486. The first-order valence-electron chi connectivity index (χ1n) is 13.5. The summed E-state index contributed by atoms with van der Waals surface area (Å²) in [5, 5.41) is 20.3. The predicted octanol–water partition coefficient (Wildman–Crippen LogP) is 5.63. The van der Waals surface area contributed by atoms with Crippen LogP contribution >= 0.6 is 0 Å². The van der Waals surface area contributed by atoms with Gasteiger partial charge in [0, 0.05) is 18.3 Å². The van der Waals surface area contributed by atoms with Crippen molar-refractivity contribution in [2.45, 2.75) is 104 Å². The number of nitrogens with zero attached hydrogens (tertiary/aromatic N) is 4. The smallest absolute Gasteiger partial charge is 0.408 e. The van der Waals surface area contributed by atoms with E-state index in [1.54, 1.807) is 43.7 Å². The number of aromatic nitrogens is 3. The topological polar surface area (TPSA) is 121 Å². The van der Waals surface area contributed by atoms with Crippen LogP contribution in [0.4, 0.5) is 13.6 Å². The molecule has 0 spiro atoms. The number of amides is 2. The number of nitrogens with one attached hydrogen (secondary N) is 2. The molecule has 2 N–H and O–H groups in total. The lowest BCUT2D eigenvalue weighted by Crippen LogP contribution is -2.40. The largest absolute Gasteiger partial charge is 0.444 e. The van der Waals surface area contributed by atoms with E-state index < -0.39 is 40.5 Å². The summed E-state index contributed by atoms with van der Waals surface area (Å²) in [4.78, 5) is 30.3. The second-order valence-corrected chi connectivity index (χ2v) is 13.0. The van der Waals surface area contributed by atoms with Crippen LogP contribution in [-0.4, -0.2) is 38.1 Å². The molecule has 0 radical (unpaired) electrons. The van der Waals surface area contributed by atoms with Gasteiger partial charge in [-0.2, -0.15) is 10.4 Å². The summed E-state index contributed by atoms with van der Waals surface area (Å²) < 4.78 is 34.8. The van der Waals surface area contributed by atoms with Crippen LogP contribution in [0.5, 0.6) is 0 Å². The SMILES string of the molecule is CC(C)(C)OC(=O)N[C@H](c1cn2ncc([C@@H](NC(=O)C(C)(C)C)C3(C#N)CC3)cc2n1)C1CCC(F)(F)CC1. The van der Waals surface area contributed by atoms with Crippen molar-refractivity contribution >= 4 is 17.6 Å². The molecule has 212 valence electrons. The number of carbonyl (C=O) groups excluding carboxylic acids is 2. The van der Waals surface area contributed by atoms with E-state index in [0.717, 1.165) is 0 Å². The molecule has 2 aromatic heterocycles. The third-order valence-electron chi connectivity index (χ3n) is 7.44. The molecular formula is C28H38F2N6O3.